The molecule has 1 aromatic heterocycles. The lowest BCUT2D eigenvalue weighted by Gasteiger charge is -2.11. The quantitative estimate of drug-likeness (QED) is 0.878. The van der Waals surface area contributed by atoms with Crippen LogP contribution in [0.5, 0.6) is 0 Å². The molecule has 0 amide bonds. The summed E-state index contributed by atoms with van der Waals surface area (Å²) in [6.45, 7) is 6.79. The Kier molecular flexibility index (Phi) is 4.67. The van der Waals surface area contributed by atoms with Crippen LogP contribution in [0, 0.1) is 24.5 Å². The zero-order valence-corrected chi connectivity index (χ0v) is 12.2. The van der Waals surface area contributed by atoms with Gasteiger partial charge in [0.1, 0.15) is 17.5 Å². The molecule has 0 bridgehead atoms. The van der Waals surface area contributed by atoms with Crippen LogP contribution in [0.25, 0.3) is 0 Å². The number of aromatic nitrogens is 2. The van der Waals surface area contributed by atoms with Gasteiger partial charge in [0.2, 0.25) is 5.95 Å². The molecular weight excluding hydrogens is 274 g/mol. The van der Waals surface area contributed by atoms with Crippen molar-refractivity contribution in [3.63, 3.8) is 0 Å². The molecule has 21 heavy (non-hydrogen) atoms. The van der Waals surface area contributed by atoms with Crippen molar-refractivity contribution < 1.29 is 8.78 Å². The molecule has 0 aliphatic rings. The smallest absolute Gasteiger partial charge is 0.229 e. The summed E-state index contributed by atoms with van der Waals surface area (Å²) in [6.07, 6.45) is 0. The van der Waals surface area contributed by atoms with Crippen LogP contribution in [0.2, 0.25) is 0 Å². The lowest BCUT2D eigenvalue weighted by atomic mass is 10.2. The molecule has 0 spiro atoms. The minimum absolute atomic E-state index is 0.136. The Morgan fingerprint density at radius 1 is 1.14 bits per heavy atom. The average molecular weight is 292 g/mol. The van der Waals surface area contributed by atoms with E-state index in [1.807, 2.05) is 13.0 Å². The van der Waals surface area contributed by atoms with Crippen LogP contribution in [0.15, 0.2) is 24.3 Å². The number of hydrogen-bond acceptors (Lipinski definition) is 4. The van der Waals surface area contributed by atoms with Gasteiger partial charge in [-0.1, -0.05) is 13.8 Å². The van der Waals surface area contributed by atoms with Gasteiger partial charge in [0.05, 0.1) is 5.69 Å². The largest absolute Gasteiger partial charge is 0.370 e. The molecule has 0 radical (unpaired) electrons. The second kappa shape index (κ2) is 6.47. The van der Waals surface area contributed by atoms with Crippen molar-refractivity contribution in [3.8, 4) is 0 Å². The molecule has 0 aliphatic heterocycles. The third kappa shape index (κ3) is 4.37. The second-order valence-corrected chi connectivity index (χ2v) is 5.24. The summed E-state index contributed by atoms with van der Waals surface area (Å²) < 4.78 is 26.5. The van der Waals surface area contributed by atoms with E-state index in [0.29, 0.717) is 11.7 Å². The normalized spacial score (nSPS) is 10.8. The summed E-state index contributed by atoms with van der Waals surface area (Å²) in [5, 5.41) is 5.95. The minimum Gasteiger partial charge on any atom is -0.370 e. The van der Waals surface area contributed by atoms with Crippen molar-refractivity contribution in [2.45, 2.75) is 20.8 Å². The fourth-order valence-electron chi connectivity index (χ4n) is 1.74. The van der Waals surface area contributed by atoms with Crippen LogP contribution < -0.4 is 10.6 Å². The molecule has 1 heterocycles. The Morgan fingerprint density at radius 2 is 1.90 bits per heavy atom. The van der Waals surface area contributed by atoms with E-state index < -0.39 is 11.6 Å². The molecular formula is C15H18F2N4. The van der Waals surface area contributed by atoms with E-state index in [1.54, 1.807) is 0 Å². The molecule has 2 rings (SSSR count). The Morgan fingerprint density at radius 3 is 2.57 bits per heavy atom. The van der Waals surface area contributed by atoms with Crippen molar-refractivity contribution in [1.82, 2.24) is 9.97 Å². The van der Waals surface area contributed by atoms with E-state index in [2.05, 4.69) is 34.4 Å². The Hall–Kier alpha value is -2.24. The molecule has 112 valence electrons. The van der Waals surface area contributed by atoms with Gasteiger partial charge >= 0.3 is 0 Å². The van der Waals surface area contributed by atoms with Gasteiger partial charge in [0.15, 0.2) is 0 Å². The topological polar surface area (TPSA) is 49.8 Å². The van der Waals surface area contributed by atoms with Gasteiger partial charge in [-0.2, -0.15) is 4.98 Å². The summed E-state index contributed by atoms with van der Waals surface area (Å²) in [5.74, 6) is 0.110. The molecule has 6 heteroatoms. The monoisotopic (exact) mass is 292 g/mol. The fraction of sp³-hybridized carbons (Fsp3) is 0.333. The number of hydrogen-bond donors (Lipinski definition) is 2. The molecule has 1 aromatic carbocycles. The number of anilines is 3. The molecule has 0 saturated carbocycles. The fourth-order valence-corrected chi connectivity index (χ4v) is 1.74. The van der Waals surface area contributed by atoms with Crippen LogP contribution in [0.1, 0.15) is 19.5 Å². The Balaban J connectivity index is 2.19. The third-order valence-electron chi connectivity index (χ3n) is 2.72. The lowest BCUT2D eigenvalue weighted by Crippen LogP contribution is -2.11. The van der Waals surface area contributed by atoms with Crippen LogP contribution in [0.4, 0.5) is 26.2 Å². The van der Waals surface area contributed by atoms with Crippen molar-refractivity contribution >= 4 is 17.5 Å². The number of nitrogens with zero attached hydrogens (tertiary/aromatic N) is 2. The predicted molar refractivity (Wildman–Crippen MR) is 79.7 cm³/mol. The predicted octanol–water partition coefficient (Wildman–Crippen LogP) is 3.87. The summed E-state index contributed by atoms with van der Waals surface area (Å²) >= 11 is 0. The van der Waals surface area contributed by atoms with E-state index in [4.69, 9.17) is 0 Å². The summed E-state index contributed by atoms with van der Waals surface area (Å²) in [7, 11) is 0. The maximum atomic E-state index is 13.6. The first-order valence-corrected chi connectivity index (χ1v) is 6.75. The summed E-state index contributed by atoms with van der Waals surface area (Å²) in [4.78, 5) is 8.47. The highest BCUT2D eigenvalue weighted by molar-refractivity contribution is 5.56. The van der Waals surface area contributed by atoms with Crippen molar-refractivity contribution in [3.05, 3.63) is 41.6 Å². The molecule has 0 saturated heterocycles. The third-order valence-corrected chi connectivity index (χ3v) is 2.72. The van der Waals surface area contributed by atoms with Gasteiger partial charge in [0, 0.05) is 24.4 Å². The molecule has 2 aromatic rings. The first kappa shape index (κ1) is 15.2. The van der Waals surface area contributed by atoms with Crippen molar-refractivity contribution in [2.75, 3.05) is 17.2 Å². The van der Waals surface area contributed by atoms with E-state index in [9.17, 15) is 8.78 Å². The number of rotatable bonds is 5. The highest BCUT2D eigenvalue weighted by Crippen LogP contribution is 2.20. The number of halogens is 2. The van der Waals surface area contributed by atoms with Gasteiger partial charge < -0.3 is 10.6 Å². The minimum atomic E-state index is -0.684. The van der Waals surface area contributed by atoms with Crippen LogP contribution >= 0.6 is 0 Å². The zero-order valence-electron chi connectivity index (χ0n) is 12.2. The second-order valence-electron chi connectivity index (χ2n) is 5.24. The molecule has 0 atom stereocenters. The van der Waals surface area contributed by atoms with Gasteiger partial charge in [-0.05, 0) is 25.0 Å². The van der Waals surface area contributed by atoms with E-state index in [0.717, 1.165) is 18.3 Å². The standard InChI is InChI=1S/C15H18F2N4/c1-9(2)8-18-14-6-10(3)19-15(21-14)20-13-5-4-11(16)7-12(13)17/h4-7,9H,8H2,1-3H3,(H2,18,19,20,21). The number of benzene rings is 1. The van der Waals surface area contributed by atoms with Gasteiger partial charge in [-0.15, -0.1) is 0 Å². The van der Waals surface area contributed by atoms with Gasteiger partial charge in [0.25, 0.3) is 0 Å². The molecule has 4 nitrogen and oxygen atoms in total. The van der Waals surface area contributed by atoms with Crippen LogP contribution in [-0.2, 0) is 0 Å². The van der Waals surface area contributed by atoms with Gasteiger partial charge in [-0.3, -0.25) is 0 Å². The Labute approximate surface area is 122 Å². The average Bonchev–Trinajstić information content (AvgIpc) is 2.39. The SMILES string of the molecule is Cc1cc(NCC(C)C)nc(Nc2ccc(F)cc2F)n1. The maximum Gasteiger partial charge on any atom is 0.229 e. The Bertz CT molecular complexity index is 629. The first-order valence-electron chi connectivity index (χ1n) is 6.75. The highest BCUT2D eigenvalue weighted by Gasteiger charge is 2.07. The summed E-state index contributed by atoms with van der Waals surface area (Å²) in [5.41, 5.74) is 0.887. The highest BCUT2D eigenvalue weighted by atomic mass is 19.1. The number of aryl methyl sites for hydroxylation is 1. The van der Waals surface area contributed by atoms with E-state index in [-0.39, 0.29) is 11.6 Å². The maximum absolute atomic E-state index is 13.6. The molecule has 0 fully saturated rings. The molecule has 2 N–H and O–H groups in total. The van der Waals surface area contributed by atoms with Crippen molar-refractivity contribution in [1.29, 1.82) is 0 Å². The van der Waals surface area contributed by atoms with Crippen LogP contribution in [0.3, 0.4) is 0 Å². The van der Waals surface area contributed by atoms with Gasteiger partial charge in [-0.25, -0.2) is 13.8 Å². The lowest BCUT2D eigenvalue weighted by molar-refractivity contribution is 0.586. The van der Waals surface area contributed by atoms with E-state index in [1.165, 1.54) is 12.1 Å². The molecule has 0 unspecified atom stereocenters. The summed E-state index contributed by atoms with van der Waals surface area (Å²) in [6, 6.07) is 5.13. The first-order chi connectivity index (χ1) is 9.94. The van der Waals surface area contributed by atoms with Crippen molar-refractivity contribution in [2.24, 2.45) is 5.92 Å². The van der Waals surface area contributed by atoms with Crippen LogP contribution in [-0.4, -0.2) is 16.5 Å². The van der Waals surface area contributed by atoms with E-state index >= 15 is 0 Å². The number of nitrogens with one attached hydrogen (secondary N) is 2. The zero-order chi connectivity index (χ0) is 15.4. The molecule has 0 aliphatic carbocycles.